The van der Waals surface area contributed by atoms with Crippen molar-refractivity contribution < 1.29 is 14.3 Å². The number of rotatable bonds is 4. The number of halogens is 1. The zero-order chi connectivity index (χ0) is 16.9. The van der Waals surface area contributed by atoms with E-state index in [0.29, 0.717) is 31.9 Å². The summed E-state index contributed by atoms with van der Waals surface area (Å²) in [6, 6.07) is 7.63. The Hall–Kier alpha value is -1.79. The third kappa shape index (κ3) is 5.09. The van der Waals surface area contributed by atoms with Crippen molar-refractivity contribution in [2.24, 2.45) is 0 Å². The van der Waals surface area contributed by atoms with Crippen LogP contribution in [0, 0.1) is 6.92 Å². The third-order valence-electron chi connectivity index (χ3n) is 4.69. The van der Waals surface area contributed by atoms with Crippen LogP contribution in [0.15, 0.2) is 24.3 Å². The van der Waals surface area contributed by atoms with Gasteiger partial charge in [0.2, 0.25) is 5.91 Å². The van der Waals surface area contributed by atoms with Gasteiger partial charge in [0.05, 0.1) is 6.04 Å². The predicted molar refractivity (Wildman–Crippen MR) is 98.1 cm³/mol. The molecule has 0 radical (unpaired) electrons. The minimum absolute atomic E-state index is 0. The Morgan fingerprint density at radius 3 is 2.36 bits per heavy atom. The van der Waals surface area contributed by atoms with Crippen molar-refractivity contribution in [3.63, 3.8) is 0 Å². The first kappa shape index (κ1) is 19.5. The molecular weight excluding hydrogens is 342 g/mol. The first-order valence-electron chi connectivity index (χ1n) is 8.63. The summed E-state index contributed by atoms with van der Waals surface area (Å²) in [5.41, 5.74) is 1.16. The molecule has 0 bridgehead atoms. The Labute approximate surface area is 154 Å². The van der Waals surface area contributed by atoms with Crippen molar-refractivity contribution in [2.45, 2.75) is 25.8 Å². The van der Waals surface area contributed by atoms with E-state index in [1.54, 1.807) is 4.90 Å². The molecule has 3 rings (SSSR count). The average Bonchev–Trinajstić information content (AvgIpc) is 3.15. The molecule has 2 aliphatic heterocycles. The van der Waals surface area contributed by atoms with Crippen LogP contribution in [0.2, 0.25) is 0 Å². The molecule has 0 saturated carbocycles. The van der Waals surface area contributed by atoms with Gasteiger partial charge in [-0.15, -0.1) is 12.4 Å². The second kappa shape index (κ2) is 9.06. The molecule has 6 nitrogen and oxygen atoms in total. The Morgan fingerprint density at radius 2 is 1.76 bits per heavy atom. The normalized spacial score (nSPS) is 20.1. The van der Waals surface area contributed by atoms with Crippen LogP contribution in [0.25, 0.3) is 0 Å². The van der Waals surface area contributed by atoms with E-state index in [1.165, 1.54) is 0 Å². The Morgan fingerprint density at radius 1 is 1.12 bits per heavy atom. The van der Waals surface area contributed by atoms with Crippen molar-refractivity contribution in [2.75, 3.05) is 39.3 Å². The van der Waals surface area contributed by atoms with E-state index in [2.05, 4.69) is 5.32 Å². The number of amides is 2. The summed E-state index contributed by atoms with van der Waals surface area (Å²) in [7, 11) is 0. The summed E-state index contributed by atoms with van der Waals surface area (Å²) in [4.78, 5) is 28.3. The van der Waals surface area contributed by atoms with Gasteiger partial charge >= 0.3 is 0 Å². The minimum Gasteiger partial charge on any atom is -0.484 e. The molecular formula is C18H26ClN3O3. The van der Waals surface area contributed by atoms with Crippen molar-refractivity contribution in [3.05, 3.63) is 29.8 Å². The number of benzene rings is 1. The van der Waals surface area contributed by atoms with Gasteiger partial charge in [-0.3, -0.25) is 9.59 Å². The molecule has 138 valence electrons. The van der Waals surface area contributed by atoms with Crippen LogP contribution < -0.4 is 10.1 Å². The van der Waals surface area contributed by atoms with Gasteiger partial charge < -0.3 is 19.9 Å². The number of carbonyl (C=O) groups excluding carboxylic acids is 2. The van der Waals surface area contributed by atoms with Crippen molar-refractivity contribution in [3.8, 4) is 5.75 Å². The Bertz CT molecular complexity index is 580. The standard InChI is InChI=1S/C18H25N3O3.ClH/c1-14-4-6-15(7-5-14)24-13-17(22)20-9-11-21(12-10-20)18(23)16-3-2-8-19-16;/h4-7,16,19H,2-3,8-13H2,1H3;1H. The molecule has 7 heteroatoms. The van der Waals surface area contributed by atoms with Crippen molar-refractivity contribution >= 4 is 24.2 Å². The fraction of sp³-hybridized carbons (Fsp3) is 0.556. The molecule has 0 aromatic heterocycles. The highest BCUT2D eigenvalue weighted by Crippen LogP contribution is 2.13. The molecule has 2 fully saturated rings. The van der Waals surface area contributed by atoms with Crippen LogP contribution in [-0.4, -0.2) is 67.0 Å². The number of hydrogen-bond donors (Lipinski definition) is 1. The molecule has 25 heavy (non-hydrogen) atoms. The second-order valence-electron chi connectivity index (χ2n) is 6.46. The second-order valence-corrected chi connectivity index (χ2v) is 6.46. The minimum atomic E-state index is -0.0304. The third-order valence-corrected chi connectivity index (χ3v) is 4.69. The molecule has 0 spiro atoms. The van der Waals surface area contributed by atoms with E-state index < -0.39 is 0 Å². The fourth-order valence-electron chi connectivity index (χ4n) is 3.16. The van der Waals surface area contributed by atoms with Crippen LogP contribution in [0.1, 0.15) is 18.4 Å². The van der Waals surface area contributed by atoms with Crippen LogP contribution in [0.4, 0.5) is 0 Å². The number of hydrogen-bond acceptors (Lipinski definition) is 4. The molecule has 1 aromatic rings. The van der Waals surface area contributed by atoms with Gasteiger partial charge in [0.25, 0.3) is 5.91 Å². The highest BCUT2D eigenvalue weighted by molar-refractivity contribution is 5.85. The zero-order valence-electron chi connectivity index (χ0n) is 14.6. The molecule has 2 amide bonds. The van der Waals surface area contributed by atoms with Gasteiger partial charge in [-0.1, -0.05) is 17.7 Å². The van der Waals surface area contributed by atoms with Crippen LogP contribution >= 0.6 is 12.4 Å². The smallest absolute Gasteiger partial charge is 0.260 e. The van der Waals surface area contributed by atoms with Crippen LogP contribution in [0.3, 0.4) is 0 Å². The molecule has 1 N–H and O–H groups in total. The zero-order valence-corrected chi connectivity index (χ0v) is 15.4. The van der Waals surface area contributed by atoms with Crippen molar-refractivity contribution in [1.82, 2.24) is 15.1 Å². The van der Waals surface area contributed by atoms with Gasteiger partial charge in [-0.25, -0.2) is 0 Å². The summed E-state index contributed by atoms with van der Waals surface area (Å²) >= 11 is 0. The Balaban J connectivity index is 0.00000225. The van der Waals surface area contributed by atoms with E-state index in [9.17, 15) is 9.59 Å². The largest absolute Gasteiger partial charge is 0.484 e. The van der Waals surface area contributed by atoms with Gasteiger partial charge in [0, 0.05) is 26.2 Å². The summed E-state index contributed by atoms with van der Waals surface area (Å²) in [5.74, 6) is 0.854. The molecule has 1 atom stereocenters. The number of aryl methyl sites for hydroxylation is 1. The fourth-order valence-corrected chi connectivity index (χ4v) is 3.16. The number of nitrogens with zero attached hydrogens (tertiary/aromatic N) is 2. The van der Waals surface area contributed by atoms with Gasteiger partial charge in [-0.05, 0) is 38.4 Å². The molecule has 2 saturated heterocycles. The molecule has 0 aliphatic carbocycles. The lowest BCUT2D eigenvalue weighted by atomic mass is 10.2. The van der Waals surface area contributed by atoms with Crippen LogP contribution in [-0.2, 0) is 9.59 Å². The summed E-state index contributed by atoms with van der Waals surface area (Å²) < 4.78 is 5.55. The number of ether oxygens (including phenoxy) is 1. The summed E-state index contributed by atoms with van der Waals surface area (Å²) in [6.45, 7) is 5.34. The maximum Gasteiger partial charge on any atom is 0.260 e. The first-order valence-corrected chi connectivity index (χ1v) is 8.63. The molecule has 1 aromatic carbocycles. The summed E-state index contributed by atoms with van der Waals surface area (Å²) in [5, 5.41) is 3.24. The highest BCUT2D eigenvalue weighted by atomic mass is 35.5. The van der Waals surface area contributed by atoms with E-state index in [4.69, 9.17) is 4.74 Å². The number of carbonyl (C=O) groups is 2. The van der Waals surface area contributed by atoms with Gasteiger partial charge in [0.15, 0.2) is 6.61 Å². The van der Waals surface area contributed by atoms with Gasteiger partial charge in [0.1, 0.15) is 5.75 Å². The molecule has 1 unspecified atom stereocenters. The van der Waals surface area contributed by atoms with E-state index in [1.807, 2.05) is 36.1 Å². The SMILES string of the molecule is Cc1ccc(OCC(=O)N2CCN(C(=O)C3CCCN3)CC2)cc1.Cl. The lowest BCUT2D eigenvalue weighted by Gasteiger charge is -2.35. The Kier molecular flexibility index (Phi) is 7.08. The molecule has 2 heterocycles. The maximum absolute atomic E-state index is 12.4. The van der Waals surface area contributed by atoms with Gasteiger partial charge in [-0.2, -0.15) is 0 Å². The van der Waals surface area contributed by atoms with E-state index in [-0.39, 0.29) is 36.9 Å². The number of nitrogens with one attached hydrogen (secondary N) is 1. The lowest BCUT2D eigenvalue weighted by molar-refractivity contribution is -0.141. The monoisotopic (exact) mass is 367 g/mol. The quantitative estimate of drug-likeness (QED) is 0.869. The maximum atomic E-state index is 12.4. The summed E-state index contributed by atoms with van der Waals surface area (Å²) in [6.07, 6.45) is 1.98. The van der Waals surface area contributed by atoms with E-state index >= 15 is 0 Å². The topological polar surface area (TPSA) is 61.9 Å². The predicted octanol–water partition coefficient (Wildman–Crippen LogP) is 1.22. The molecule has 2 aliphatic rings. The first-order chi connectivity index (χ1) is 11.6. The van der Waals surface area contributed by atoms with Crippen molar-refractivity contribution in [1.29, 1.82) is 0 Å². The lowest BCUT2D eigenvalue weighted by Crippen LogP contribution is -2.54. The van der Waals surface area contributed by atoms with E-state index in [0.717, 1.165) is 24.9 Å². The average molecular weight is 368 g/mol. The number of piperazine rings is 1. The highest BCUT2D eigenvalue weighted by Gasteiger charge is 2.30. The van der Waals surface area contributed by atoms with Crippen LogP contribution in [0.5, 0.6) is 5.75 Å².